The van der Waals surface area contributed by atoms with Crippen LogP contribution in [0.25, 0.3) is 0 Å². The van der Waals surface area contributed by atoms with Crippen LogP contribution in [-0.4, -0.2) is 36.1 Å². The molecule has 20 heavy (non-hydrogen) atoms. The van der Waals surface area contributed by atoms with Crippen molar-refractivity contribution in [2.45, 2.75) is 6.92 Å². The van der Waals surface area contributed by atoms with Crippen LogP contribution in [0.3, 0.4) is 0 Å². The van der Waals surface area contributed by atoms with Gasteiger partial charge in [0, 0.05) is 43.0 Å². The Morgan fingerprint density at radius 3 is 2.40 bits per heavy atom. The van der Waals surface area contributed by atoms with Gasteiger partial charge >= 0.3 is 0 Å². The van der Waals surface area contributed by atoms with E-state index in [2.05, 4.69) is 54.8 Å². The number of halogens is 1. The summed E-state index contributed by atoms with van der Waals surface area (Å²) < 4.78 is 1.02. The SMILES string of the molecule is Cc1cccnc1N1CCN(c2ccc(Br)cn2)CC1. The van der Waals surface area contributed by atoms with Crippen molar-refractivity contribution in [2.75, 3.05) is 36.0 Å². The molecule has 1 aliphatic rings. The number of rotatable bonds is 2. The Balaban J connectivity index is 1.68. The molecule has 0 aliphatic carbocycles. The van der Waals surface area contributed by atoms with Gasteiger partial charge < -0.3 is 9.80 Å². The molecule has 104 valence electrons. The predicted molar refractivity (Wildman–Crippen MR) is 85.3 cm³/mol. The molecular formula is C15H17BrN4. The van der Waals surface area contributed by atoms with Gasteiger partial charge in [0.25, 0.3) is 0 Å². The number of anilines is 2. The van der Waals surface area contributed by atoms with Gasteiger partial charge in [-0.05, 0) is 46.6 Å². The fraction of sp³-hybridized carbons (Fsp3) is 0.333. The number of piperazine rings is 1. The minimum absolute atomic E-state index is 0.977. The van der Waals surface area contributed by atoms with E-state index in [0.717, 1.165) is 42.3 Å². The van der Waals surface area contributed by atoms with Crippen LogP contribution in [0.15, 0.2) is 41.1 Å². The van der Waals surface area contributed by atoms with E-state index in [1.165, 1.54) is 5.56 Å². The highest BCUT2D eigenvalue weighted by atomic mass is 79.9. The third-order valence-corrected chi connectivity index (χ3v) is 4.07. The van der Waals surface area contributed by atoms with Crippen LogP contribution in [0.1, 0.15) is 5.56 Å². The summed E-state index contributed by atoms with van der Waals surface area (Å²) in [5, 5.41) is 0. The van der Waals surface area contributed by atoms with E-state index in [1.807, 2.05) is 24.5 Å². The maximum atomic E-state index is 4.50. The van der Waals surface area contributed by atoms with Gasteiger partial charge in [-0.15, -0.1) is 0 Å². The molecule has 0 bridgehead atoms. The molecule has 1 fully saturated rings. The van der Waals surface area contributed by atoms with Crippen molar-refractivity contribution in [2.24, 2.45) is 0 Å². The van der Waals surface area contributed by atoms with Crippen molar-refractivity contribution in [3.63, 3.8) is 0 Å². The Morgan fingerprint density at radius 1 is 1.00 bits per heavy atom. The maximum absolute atomic E-state index is 4.50. The molecule has 1 saturated heterocycles. The predicted octanol–water partition coefficient (Wildman–Crippen LogP) is 2.87. The van der Waals surface area contributed by atoms with Crippen LogP contribution in [-0.2, 0) is 0 Å². The highest BCUT2D eigenvalue weighted by Crippen LogP contribution is 2.21. The fourth-order valence-electron chi connectivity index (χ4n) is 2.51. The summed E-state index contributed by atoms with van der Waals surface area (Å²) in [5.41, 5.74) is 1.24. The first kappa shape index (κ1) is 13.4. The first-order valence-corrected chi connectivity index (χ1v) is 7.56. The van der Waals surface area contributed by atoms with E-state index in [9.17, 15) is 0 Å². The second-order valence-electron chi connectivity index (χ2n) is 4.95. The molecule has 0 saturated carbocycles. The number of aromatic nitrogens is 2. The number of hydrogen-bond donors (Lipinski definition) is 0. The zero-order valence-corrected chi connectivity index (χ0v) is 13.0. The molecule has 3 rings (SSSR count). The Bertz CT molecular complexity index is 577. The highest BCUT2D eigenvalue weighted by molar-refractivity contribution is 9.10. The molecule has 0 unspecified atom stereocenters. The van der Waals surface area contributed by atoms with Crippen molar-refractivity contribution in [3.05, 3.63) is 46.7 Å². The van der Waals surface area contributed by atoms with E-state index >= 15 is 0 Å². The zero-order chi connectivity index (χ0) is 13.9. The summed E-state index contributed by atoms with van der Waals surface area (Å²) in [7, 11) is 0. The topological polar surface area (TPSA) is 32.3 Å². The monoisotopic (exact) mass is 332 g/mol. The number of pyridine rings is 2. The van der Waals surface area contributed by atoms with Crippen LogP contribution in [0.2, 0.25) is 0 Å². The van der Waals surface area contributed by atoms with Gasteiger partial charge in [0.1, 0.15) is 11.6 Å². The van der Waals surface area contributed by atoms with Crippen molar-refractivity contribution in [3.8, 4) is 0 Å². The molecule has 5 heteroatoms. The second kappa shape index (κ2) is 5.79. The van der Waals surface area contributed by atoms with E-state index in [1.54, 1.807) is 0 Å². The Labute approximate surface area is 127 Å². The van der Waals surface area contributed by atoms with Crippen LogP contribution < -0.4 is 9.80 Å². The van der Waals surface area contributed by atoms with Crippen LogP contribution in [0.5, 0.6) is 0 Å². The molecule has 0 amide bonds. The van der Waals surface area contributed by atoms with Crippen molar-refractivity contribution in [1.82, 2.24) is 9.97 Å². The standard InChI is InChI=1S/C15H17BrN4/c1-12-3-2-6-17-15(12)20-9-7-19(8-10-20)14-5-4-13(16)11-18-14/h2-6,11H,7-10H2,1H3. The smallest absolute Gasteiger partial charge is 0.131 e. The quantitative estimate of drug-likeness (QED) is 0.846. The average molecular weight is 333 g/mol. The van der Waals surface area contributed by atoms with Gasteiger partial charge in [0.2, 0.25) is 0 Å². The van der Waals surface area contributed by atoms with E-state index in [4.69, 9.17) is 0 Å². The minimum atomic E-state index is 0.977. The molecule has 3 heterocycles. The van der Waals surface area contributed by atoms with Gasteiger partial charge in [-0.1, -0.05) is 6.07 Å². The highest BCUT2D eigenvalue weighted by Gasteiger charge is 2.19. The van der Waals surface area contributed by atoms with Crippen LogP contribution in [0, 0.1) is 6.92 Å². The number of hydrogen-bond acceptors (Lipinski definition) is 4. The van der Waals surface area contributed by atoms with E-state index in [0.29, 0.717) is 0 Å². The molecule has 2 aromatic heterocycles. The van der Waals surface area contributed by atoms with Gasteiger partial charge in [-0.25, -0.2) is 9.97 Å². The Kier molecular flexibility index (Phi) is 3.87. The van der Waals surface area contributed by atoms with E-state index < -0.39 is 0 Å². The normalized spacial score (nSPS) is 15.5. The molecular weight excluding hydrogens is 316 g/mol. The Morgan fingerprint density at radius 2 is 1.75 bits per heavy atom. The van der Waals surface area contributed by atoms with Crippen LogP contribution in [0.4, 0.5) is 11.6 Å². The third-order valence-electron chi connectivity index (χ3n) is 3.60. The number of aryl methyl sites for hydroxylation is 1. The fourth-order valence-corrected chi connectivity index (χ4v) is 2.75. The molecule has 2 aromatic rings. The van der Waals surface area contributed by atoms with Gasteiger partial charge in [0.15, 0.2) is 0 Å². The average Bonchev–Trinajstić information content (AvgIpc) is 2.49. The lowest BCUT2D eigenvalue weighted by Crippen LogP contribution is -2.47. The third kappa shape index (κ3) is 2.77. The molecule has 0 radical (unpaired) electrons. The lowest BCUT2D eigenvalue weighted by molar-refractivity contribution is 0.640. The largest absolute Gasteiger partial charge is 0.353 e. The molecule has 0 aromatic carbocycles. The summed E-state index contributed by atoms with van der Waals surface area (Å²) >= 11 is 3.42. The molecule has 4 nitrogen and oxygen atoms in total. The summed E-state index contributed by atoms with van der Waals surface area (Å²) in [5.74, 6) is 2.15. The lowest BCUT2D eigenvalue weighted by atomic mass is 10.2. The summed E-state index contributed by atoms with van der Waals surface area (Å²) in [6.07, 6.45) is 3.72. The van der Waals surface area contributed by atoms with Crippen molar-refractivity contribution < 1.29 is 0 Å². The molecule has 0 N–H and O–H groups in total. The molecule has 0 atom stereocenters. The lowest BCUT2D eigenvalue weighted by Gasteiger charge is -2.36. The first-order chi connectivity index (χ1) is 9.74. The first-order valence-electron chi connectivity index (χ1n) is 6.77. The Hall–Kier alpha value is -1.62. The zero-order valence-electron chi connectivity index (χ0n) is 11.5. The number of nitrogens with zero attached hydrogens (tertiary/aromatic N) is 4. The summed E-state index contributed by atoms with van der Waals surface area (Å²) in [6, 6.07) is 8.20. The summed E-state index contributed by atoms with van der Waals surface area (Å²) in [6.45, 7) is 6.03. The van der Waals surface area contributed by atoms with Gasteiger partial charge in [-0.2, -0.15) is 0 Å². The van der Waals surface area contributed by atoms with E-state index in [-0.39, 0.29) is 0 Å². The minimum Gasteiger partial charge on any atom is -0.353 e. The second-order valence-corrected chi connectivity index (χ2v) is 5.87. The van der Waals surface area contributed by atoms with Crippen molar-refractivity contribution >= 4 is 27.6 Å². The summed E-state index contributed by atoms with van der Waals surface area (Å²) in [4.78, 5) is 13.6. The van der Waals surface area contributed by atoms with Gasteiger partial charge in [0.05, 0.1) is 0 Å². The maximum Gasteiger partial charge on any atom is 0.131 e. The van der Waals surface area contributed by atoms with Crippen LogP contribution >= 0.6 is 15.9 Å². The molecule has 1 aliphatic heterocycles. The van der Waals surface area contributed by atoms with Gasteiger partial charge in [-0.3, -0.25) is 0 Å². The molecule has 0 spiro atoms. The van der Waals surface area contributed by atoms with Crippen molar-refractivity contribution in [1.29, 1.82) is 0 Å².